The van der Waals surface area contributed by atoms with Crippen LogP contribution in [0.3, 0.4) is 0 Å². The van der Waals surface area contributed by atoms with Crippen molar-refractivity contribution in [2.75, 3.05) is 13.2 Å². The normalized spacial score (nSPS) is 15.0. The van der Waals surface area contributed by atoms with Crippen LogP contribution >= 0.6 is 23.4 Å². The minimum absolute atomic E-state index is 0.0451. The first-order valence-electron chi connectivity index (χ1n) is 10.3. The second-order valence-electron chi connectivity index (χ2n) is 7.42. The Morgan fingerprint density at radius 2 is 1.79 bits per heavy atom. The summed E-state index contributed by atoms with van der Waals surface area (Å²) in [7, 11) is 0. The molecule has 0 saturated carbocycles. The number of hydrogen-bond acceptors (Lipinski definition) is 7. The number of azo groups is 1. The first-order chi connectivity index (χ1) is 16.4. The topological polar surface area (TPSA) is 91.6 Å². The number of nitrogens with zero attached hydrogens (tertiary/aromatic N) is 3. The van der Waals surface area contributed by atoms with Gasteiger partial charge in [0.1, 0.15) is 18.1 Å². The standard InChI is InChI=1S/C25H20ClN3O4S/c1-16-4-2-7-21(12-16)33-11-10-29-24(31)23(34-25(29)32)14-17-13-20(8-9-22(17)30)28-27-19-6-3-5-18(26)15-19/h2-9,12-15,30H,10-11H2,1H3/b23-14-,28-27?. The van der Waals surface area contributed by atoms with Crippen LogP contribution in [-0.4, -0.2) is 34.3 Å². The maximum Gasteiger partial charge on any atom is 0.293 e. The van der Waals surface area contributed by atoms with Crippen LogP contribution in [-0.2, 0) is 4.79 Å². The molecule has 3 aromatic rings. The van der Waals surface area contributed by atoms with E-state index in [1.807, 2.05) is 31.2 Å². The minimum Gasteiger partial charge on any atom is -0.507 e. The summed E-state index contributed by atoms with van der Waals surface area (Å²) in [6, 6.07) is 19.1. The number of amides is 2. The summed E-state index contributed by atoms with van der Waals surface area (Å²) in [5, 5.41) is 18.7. The summed E-state index contributed by atoms with van der Waals surface area (Å²) in [5.41, 5.74) is 2.45. The van der Waals surface area contributed by atoms with Crippen LogP contribution in [0, 0.1) is 6.92 Å². The molecule has 0 spiro atoms. The SMILES string of the molecule is Cc1cccc(OCCN2C(=O)S/C(=C\c3cc(N=Nc4cccc(Cl)c4)ccc3O)C2=O)c1. The number of ether oxygens (including phenoxy) is 1. The highest BCUT2D eigenvalue weighted by atomic mass is 35.5. The van der Waals surface area contributed by atoms with Gasteiger partial charge < -0.3 is 9.84 Å². The van der Waals surface area contributed by atoms with Gasteiger partial charge in [0.2, 0.25) is 0 Å². The van der Waals surface area contributed by atoms with Crippen molar-refractivity contribution in [1.82, 2.24) is 4.90 Å². The summed E-state index contributed by atoms with van der Waals surface area (Å²) in [6.07, 6.45) is 1.47. The van der Waals surface area contributed by atoms with Crippen molar-refractivity contribution >= 4 is 52.0 Å². The number of benzene rings is 3. The summed E-state index contributed by atoms with van der Waals surface area (Å²) in [4.78, 5) is 26.5. The Balaban J connectivity index is 1.45. The Labute approximate surface area is 205 Å². The molecule has 0 aromatic heterocycles. The van der Waals surface area contributed by atoms with Gasteiger partial charge in [-0.3, -0.25) is 14.5 Å². The van der Waals surface area contributed by atoms with Gasteiger partial charge in [-0.25, -0.2) is 0 Å². The first-order valence-corrected chi connectivity index (χ1v) is 11.5. The number of thioether (sulfide) groups is 1. The maximum atomic E-state index is 12.8. The molecular formula is C25H20ClN3O4S. The Morgan fingerprint density at radius 1 is 1.03 bits per heavy atom. The molecule has 0 atom stereocenters. The second kappa shape index (κ2) is 10.5. The van der Waals surface area contributed by atoms with Crippen LogP contribution in [0.5, 0.6) is 11.5 Å². The van der Waals surface area contributed by atoms with E-state index in [1.54, 1.807) is 36.4 Å². The van der Waals surface area contributed by atoms with Gasteiger partial charge in [0.05, 0.1) is 22.8 Å². The Morgan fingerprint density at radius 3 is 2.56 bits per heavy atom. The van der Waals surface area contributed by atoms with Crippen molar-refractivity contribution in [2.24, 2.45) is 10.2 Å². The lowest BCUT2D eigenvalue weighted by molar-refractivity contribution is -0.123. The third-order valence-electron chi connectivity index (χ3n) is 4.83. The Kier molecular flexibility index (Phi) is 7.30. The molecule has 0 unspecified atom stereocenters. The zero-order chi connectivity index (χ0) is 24.1. The number of imide groups is 1. The number of aryl methyl sites for hydroxylation is 1. The van der Waals surface area contributed by atoms with E-state index in [0.717, 1.165) is 22.2 Å². The molecule has 1 aliphatic heterocycles. The Hall–Kier alpha value is -3.62. The predicted molar refractivity (Wildman–Crippen MR) is 133 cm³/mol. The van der Waals surface area contributed by atoms with Crippen LogP contribution < -0.4 is 4.74 Å². The highest BCUT2D eigenvalue weighted by molar-refractivity contribution is 8.18. The van der Waals surface area contributed by atoms with Crippen molar-refractivity contribution in [1.29, 1.82) is 0 Å². The fourth-order valence-corrected chi connectivity index (χ4v) is 4.21. The number of phenolic OH excluding ortho intramolecular Hbond substituents is 1. The van der Waals surface area contributed by atoms with E-state index in [9.17, 15) is 14.7 Å². The van der Waals surface area contributed by atoms with Gasteiger partial charge in [-0.1, -0.05) is 29.8 Å². The summed E-state index contributed by atoms with van der Waals surface area (Å²) < 4.78 is 5.66. The molecule has 1 aliphatic rings. The van der Waals surface area contributed by atoms with Gasteiger partial charge in [0.15, 0.2) is 0 Å². The van der Waals surface area contributed by atoms with Gasteiger partial charge in [-0.05, 0) is 78.9 Å². The van der Waals surface area contributed by atoms with Crippen LogP contribution in [0.25, 0.3) is 6.08 Å². The van der Waals surface area contributed by atoms with Gasteiger partial charge >= 0.3 is 0 Å². The van der Waals surface area contributed by atoms with Gasteiger partial charge in [0, 0.05) is 10.6 Å². The molecule has 1 fully saturated rings. The quantitative estimate of drug-likeness (QED) is 0.286. The number of carbonyl (C=O) groups excluding carboxylic acids is 2. The first kappa shape index (κ1) is 23.5. The maximum absolute atomic E-state index is 12.8. The highest BCUT2D eigenvalue weighted by Gasteiger charge is 2.35. The zero-order valence-electron chi connectivity index (χ0n) is 18.1. The Bertz CT molecular complexity index is 1310. The molecule has 4 rings (SSSR count). The van der Waals surface area contributed by atoms with E-state index in [4.69, 9.17) is 16.3 Å². The second-order valence-corrected chi connectivity index (χ2v) is 8.85. The third kappa shape index (κ3) is 5.84. The van der Waals surface area contributed by atoms with Crippen molar-refractivity contribution < 1.29 is 19.4 Å². The minimum atomic E-state index is -0.437. The number of rotatable bonds is 7. The van der Waals surface area contributed by atoms with Crippen molar-refractivity contribution in [3.63, 3.8) is 0 Å². The van der Waals surface area contributed by atoms with E-state index in [2.05, 4.69) is 10.2 Å². The largest absolute Gasteiger partial charge is 0.507 e. The average Bonchev–Trinajstić information content (AvgIpc) is 3.07. The molecule has 2 amide bonds. The number of hydrogen-bond donors (Lipinski definition) is 1. The monoisotopic (exact) mass is 493 g/mol. The fraction of sp³-hybridized carbons (Fsp3) is 0.120. The van der Waals surface area contributed by atoms with E-state index in [1.165, 1.54) is 12.1 Å². The van der Waals surface area contributed by atoms with Gasteiger partial charge in [-0.15, -0.1) is 0 Å². The van der Waals surface area contributed by atoms with Crippen molar-refractivity contribution in [3.8, 4) is 11.5 Å². The molecule has 1 saturated heterocycles. The van der Waals surface area contributed by atoms with E-state index >= 15 is 0 Å². The zero-order valence-corrected chi connectivity index (χ0v) is 19.7. The summed E-state index contributed by atoms with van der Waals surface area (Å²) in [6.45, 7) is 2.26. The number of phenols is 1. The van der Waals surface area contributed by atoms with Crippen LogP contribution in [0.2, 0.25) is 5.02 Å². The van der Waals surface area contributed by atoms with E-state index < -0.39 is 5.91 Å². The average molecular weight is 494 g/mol. The molecule has 1 N–H and O–H groups in total. The lowest BCUT2D eigenvalue weighted by atomic mass is 10.1. The number of carbonyl (C=O) groups is 2. The molecule has 1 heterocycles. The van der Waals surface area contributed by atoms with Crippen molar-refractivity contribution in [2.45, 2.75) is 6.92 Å². The molecule has 3 aromatic carbocycles. The van der Waals surface area contributed by atoms with Gasteiger partial charge in [-0.2, -0.15) is 10.2 Å². The van der Waals surface area contributed by atoms with Gasteiger partial charge in [0.25, 0.3) is 11.1 Å². The lowest BCUT2D eigenvalue weighted by Crippen LogP contribution is -2.32. The fourth-order valence-electron chi connectivity index (χ4n) is 3.17. The highest BCUT2D eigenvalue weighted by Crippen LogP contribution is 2.35. The molecule has 7 nitrogen and oxygen atoms in total. The molecular weight excluding hydrogens is 474 g/mol. The van der Waals surface area contributed by atoms with E-state index in [-0.39, 0.29) is 29.0 Å². The molecule has 172 valence electrons. The van der Waals surface area contributed by atoms with Crippen LogP contribution in [0.1, 0.15) is 11.1 Å². The van der Waals surface area contributed by atoms with Crippen LogP contribution in [0.15, 0.2) is 81.9 Å². The molecule has 0 radical (unpaired) electrons. The molecule has 34 heavy (non-hydrogen) atoms. The van der Waals surface area contributed by atoms with E-state index in [0.29, 0.717) is 27.7 Å². The predicted octanol–water partition coefficient (Wildman–Crippen LogP) is 6.88. The summed E-state index contributed by atoms with van der Waals surface area (Å²) in [5.74, 6) is 0.195. The molecule has 9 heteroatoms. The lowest BCUT2D eigenvalue weighted by Gasteiger charge is -2.13. The van der Waals surface area contributed by atoms with Crippen molar-refractivity contribution in [3.05, 3.63) is 87.8 Å². The molecule has 0 aliphatic carbocycles. The summed E-state index contributed by atoms with van der Waals surface area (Å²) >= 11 is 6.77. The smallest absolute Gasteiger partial charge is 0.293 e. The molecule has 0 bridgehead atoms. The van der Waals surface area contributed by atoms with Crippen LogP contribution in [0.4, 0.5) is 16.2 Å². The number of aromatic hydroxyl groups is 1. The third-order valence-corrected chi connectivity index (χ3v) is 5.98. The number of halogens is 1.